The van der Waals surface area contributed by atoms with E-state index in [1.165, 1.54) is 24.5 Å². The van der Waals surface area contributed by atoms with E-state index >= 15 is 0 Å². The van der Waals surface area contributed by atoms with Gasteiger partial charge in [0.2, 0.25) is 0 Å². The number of furan rings is 1. The fraction of sp³-hybridized carbons (Fsp3) is 0.105. The SMILES string of the molecule is Nc1ccc(C(=O)N(Cc2ccccc2)Cc2ccco2)cc1[N+](=O)[O-]. The van der Waals surface area contributed by atoms with E-state index < -0.39 is 4.92 Å². The highest BCUT2D eigenvalue weighted by Gasteiger charge is 2.21. The Morgan fingerprint density at radius 1 is 1.08 bits per heavy atom. The predicted molar refractivity (Wildman–Crippen MR) is 96.2 cm³/mol. The smallest absolute Gasteiger partial charge is 0.292 e. The summed E-state index contributed by atoms with van der Waals surface area (Å²) in [5.74, 6) is 0.285. The van der Waals surface area contributed by atoms with Gasteiger partial charge in [-0.1, -0.05) is 30.3 Å². The van der Waals surface area contributed by atoms with Crippen molar-refractivity contribution in [2.45, 2.75) is 13.1 Å². The van der Waals surface area contributed by atoms with Crippen LogP contribution >= 0.6 is 0 Å². The van der Waals surface area contributed by atoms with E-state index in [9.17, 15) is 14.9 Å². The van der Waals surface area contributed by atoms with Crippen molar-refractivity contribution in [1.82, 2.24) is 4.90 Å². The minimum Gasteiger partial charge on any atom is -0.467 e. The highest BCUT2D eigenvalue weighted by atomic mass is 16.6. The quantitative estimate of drug-likeness (QED) is 0.415. The first-order chi connectivity index (χ1) is 12.5. The number of amides is 1. The highest BCUT2D eigenvalue weighted by Crippen LogP contribution is 2.24. The van der Waals surface area contributed by atoms with E-state index in [2.05, 4.69) is 0 Å². The number of hydrogen-bond acceptors (Lipinski definition) is 5. The zero-order valence-corrected chi connectivity index (χ0v) is 13.9. The van der Waals surface area contributed by atoms with Crippen molar-refractivity contribution in [3.05, 3.63) is 93.9 Å². The Balaban J connectivity index is 1.91. The van der Waals surface area contributed by atoms with E-state index in [1.54, 1.807) is 17.0 Å². The molecule has 0 aliphatic rings. The Kier molecular flexibility index (Phi) is 4.98. The average Bonchev–Trinajstić information content (AvgIpc) is 3.15. The van der Waals surface area contributed by atoms with Gasteiger partial charge in [-0.2, -0.15) is 0 Å². The van der Waals surface area contributed by atoms with Crippen LogP contribution < -0.4 is 5.73 Å². The van der Waals surface area contributed by atoms with Gasteiger partial charge in [-0.15, -0.1) is 0 Å². The molecule has 1 amide bonds. The molecule has 0 spiro atoms. The molecule has 0 saturated heterocycles. The van der Waals surface area contributed by atoms with E-state index in [0.29, 0.717) is 12.3 Å². The minimum atomic E-state index is -0.597. The summed E-state index contributed by atoms with van der Waals surface area (Å²) < 4.78 is 5.35. The number of anilines is 1. The molecule has 1 heterocycles. The van der Waals surface area contributed by atoms with Crippen LogP contribution in [0.3, 0.4) is 0 Å². The number of nitro benzene ring substituents is 1. The molecule has 0 aliphatic carbocycles. The van der Waals surface area contributed by atoms with Gasteiger partial charge in [-0.25, -0.2) is 0 Å². The first-order valence-corrected chi connectivity index (χ1v) is 7.94. The predicted octanol–water partition coefficient (Wildman–Crippen LogP) is 3.61. The van der Waals surface area contributed by atoms with Gasteiger partial charge in [-0.3, -0.25) is 14.9 Å². The van der Waals surface area contributed by atoms with Crippen molar-refractivity contribution in [3.63, 3.8) is 0 Å². The van der Waals surface area contributed by atoms with Gasteiger partial charge >= 0.3 is 0 Å². The van der Waals surface area contributed by atoms with Gasteiger partial charge in [-0.05, 0) is 29.8 Å². The zero-order valence-electron chi connectivity index (χ0n) is 13.9. The molecule has 0 fully saturated rings. The fourth-order valence-corrected chi connectivity index (χ4v) is 2.61. The number of nitro groups is 1. The van der Waals surface area contributed by atoms with Crippen molar-refractivity contribution >= 4 is 17.3 Å². The molecular formula is C19H17N3O4. The van der Waals surface area contributed by atoms with Gasteiger partial charge in [0, 0.05) is 18.2 Å². The third kappa shape index (κ3) is 3.89. The largest absolute Gasteiger partial charge is 0.467 e. The Labute approximate surface area is 149 Å². The molecule has 132 valence electrons. The summed E-state index contributed by atoms with van der Waals surface area (Å²) in [7, 11) is 0. The standard InChI is InChI=1S/C19H17N3O4/c20-17-9-8-15(11-18(17)22(24)25)19(23)21(13-16-7-4-10-26-16)12-14-5-2-1-3-6-14/h1-11H,12-13,20H2. The summed E-state index contributed by atoms with van der Waals surface area (Å²) in [5, 5.41) is 11.1. The lowest BCUT2D eigenvalue weighted by Crippen LogP contribution is -2.30. The fourth-order valence-electron chi connectivity index (χ4n) is 2.61. The van der Waals surface area contributed by atoms with Gasteiger partial charge < -0.3 is 15.1 Å². The molecule has 0 atom stereocenters. The second kappa shape index (κ2) is 7.52. The lowest BCUT2D eigenvalue weighted by molar-refractivity contribution is -0.383. The lowest BCUT2D eigenvalue weighted by Gasteiger charge is -2.22. The monoisotopic (exact) mass is 351 g/mol. The van der Waals surface area contributed by atoms with Crippen LogP contribution in [0.4, 0.5) is 11.4 Å². The second-order valence-corrected chi connectivity index (χ2v) is 5.76. The van der Waals surface area contributed by atoms with Crippen LogP contribution in [0, 0.1) is 10.1 Å². The summed E-state index contributed by atoms with van der Waals surface area (Å²) in [6.07, 6.45) is 1.54. The summed E-state index contributed by atoms with van der Waals surface area (Å²) in [4.78, 5) is 25.1. The topological polar surface area (TPSA) is 103 Å². The molecule has 0 bridgehead atoms. The van der Waals surface area contributed by atoms with Crippen LogP contribution in [-0.2, 0) is 13.1 Å². The Morgan fingerprint density at radius 2 is 1.85 bits per heavy atom. The van der Waals surface area contributed by atoms with Crippen LogP contribution in [0.15, 0.2) is 71.3 Å². The summed E-state index contributed by atoms with van der Waals surface area (Å²) in [6, 6.07) is 17.1. The van der Waals surface area contributed by atoms with E-state index in [1.807, 2.05) is 30.3 Å². The molecule has 0 saturated carbocycles. The Bertz CT molecular complexity index is 908. The molecule has 2 N–H and O–H groups in total. The third-order valence-electron chi connectivity index (χ3n) is 3.90. The first kappa shape index (κ1) is 17.2. The summed E-state index contributed by atoms with van der Waals surface area (Å²) >= 11 is 0. The number of benzene rings is 2. The normalized spacial score (nSPS) is 10.5. The number of nitrogens with two attached hydrogens (primary N) is 1. The molecule has 2 aromatic carbocycles. The summed E-state index contributed by atoms with van der Waals surface area (Å²) in [6.45, 7) is 0.595. The van der Waals surface area contributed by atoms with Crippen LogP contribution in [-0.4, -0.2) is 15.7 Å². The van der Waals surface area contributed by atoms with Crippen LogP contribution in [0.25, 0.3) is 0 Å². The highest BCUT2D eigenvalue weighted by molar-refractivity contribution is 5.95. The Morgan fingerprint density at radius 3 is 2.50 bits per heavy atom. The molecule has 7 nitrogen and oxygen atoms in total. The van der Waals surface area contributed by atoms with Gasteiger partial charge in [0.05, 0.1) is 17.7 Å². The van der Waals surface area contributed by atoms with Crippen LogP contribution in [0.5, 0.6) is 0 Å². The molecule has 0 aliphatic heterocycles. The molecular weight excluding hydrogens is 334 g/mol. The van der Waals surface area contributed by atoms with Crippen molar-refractivity contribution in [1.29, 1.82) is 0 Å². The van der Waals surface area contributed by atoms with Crippen LogP contribution in [0.2, 0.25) is 0 Å². The minimum absolute atomic E-state index is 0.0205. The molecule has 26 heavy (non-hydrogen) atoms. The number of carbonyl (C=O) groups excluding carboxylic acids is 1. The van der Waals surface area contributed by atoms with E-state index in [-0.39, 0.29) is 29.4 Å². The van der Waals surface area contributed by atoms with Crippen molar-refractivity contribution < 1.29 is 14.1 Å². The van der Waals surface area contributed by atoms with Crippen LogP contribution in [0.1, 0.15) is 21.7 Å². The number of nitrogen functional groups attached to an aromatic ring is 1. The summed E-state index contributed by atoms with van der Waals surface area (Å²) in [5.41, 5.74) is 6.50. The molecule has 3 rings (SSSR count). The third-order valence-corrected chi connectivity index (χ3v) is 3.90. The maximum Gasteiger partial charge on any atom is 0.292 e. The van der Waals surface area contributed by atoms with Crippen molar-refractivity contribution in [2.75, 3.05) is 5.73 Å². The maximum absolute atomic E-state index is 13.0. The second-order valence-electron chi connectivity index (χ2n) is 5.76. The molecule has 7 heteroatoms. The number of carbonyl (C=O) groups is 1. The zero-order chi connectivity index (χ0) is 18.5. The molecule has 0 radical (unpaired) electrons. The average molecular weight is 351 g/mol. The molecule has 1 aromatic heterocycles. The first-order valence-electron chi connectivity index (χ1n) is 7.94. The van der Waals surface area contributed by atoms with E-state index in [4.69, 9.17) is 10.2 Å². The van der Waals surface area contributed by atoms with Gasteiger partial charge in [0.15, 0.2) is 0 Å². The van der Waals surface area contributed by atoms with Crippen molar-refractivity contribution in [2.24, 2.45) is 0 Å². The maximum atomic E-state index is 13.0. The van der Waals surface area contributed by atoms with Crippen molar-refractivity contribution in [3.8, 4) is 0 Å². The number of nitrogens with zero attached hydrogens (tertiary/aromatic N) is 2. The molecule has 3 aromatic rings. The lowest BCUT2D eigenvalue weighted by atomic mass is 10.1. The number of hydrogen-bond donors (Lipinski definition) is 1. The number of rotatable bonds is 6. The molecule has 0 unspecified atom stereocenters. The van der Waals surface area contributed by atoms with Gasteiger partial charge in [0.25, 0.3) is 11.6 Å². The van der Waals surface area contributed by atoms with Gasteiger partial charge in [0.1, 0.15) is 11.4 Å². The Hall–Kier alpha value is -3.61. The van der Waals surface area contributed by atoms with E-state index in [0.717, 1.165) is 5.56 Å².